The maximum Gasteiger partial charge on any atom is 0.119 e. The van der Waals surface area contributed by atoms with Gasteiger partial charge in [0.2, 0.25) is 0 Å². The average Bonchev–Trinajstić information content (AvgIpc) is 2.27. The van der Waals surface area contributed by atoms with Crippen molar-refractivity contribution in [1.29, 1.82) is 0 Å². The molecule has 1 nitrogen and oxygen atoms in total. The average molecular weight is 206 g/mol. The van der Waals surface area contributed by atoms with E-state index in [2.05, 4.69) is 33.8 Å². The van der Waals surface area contributed by atoms with E-state index in [1.807, 2.05) is 12.1 Å². The second kappa shape index (κ2) is 5.20. The summed E-state index contributed by atoms with van der Waals surface area (Å²) in [6.07, 6.45) is 2.21. The van der Waals surface area contributed by atoms with Crippen molar-refractivity contribution in [3.05, 3.63) is 29.3 Å². The highest BCUT2D eigenvalue weighted by Gasteiger charge is 2.11. The Balaban J connectivity index is 3.05. The van der Waals surface area contributed by atoms with Crippen molar-refractivity contribution in [2.45, 2.75) is 52.4 Å². The fraction of sp³-hybridized carbons (Fsp3) is 0.571. The van der Waals surface area contributed by atoms with Crippen molar-refractivity contribution in [3.63, 3.8) is 0 Å². The van der Waals surface area contributed by atoms with Crippen LogP contribution in [0.2, 0.25) is 0 Å². The highest BCUT2D eigenvalue weighted by Crippen LogP contribution is 2.31. The van der Waals surface area contributed by atoms with Gasteiger partial charge in [-0.3, -0.25) is 0 Å². The summed E-state index contributed by atoms with van der Waals surface area (Å²) in [7, 11) is 0. The minimum absolute atomic E-state index is 0.439. The Kier molecular flexibility index (Phi) is 4.19. The first-order chi connectivity index (χ1) is 7.10. The number of hydrogen-bond acceptors (Lipinski definition) is 1. The Morgan fingerprint density at radius 3 is 2.20 bits per heavy atom. The first-order valence-corrected chi connectivity index (χ1v) is 5.92. The van der Waals surface area contributed by atoms with Crippen LogP contribution >= 0.6 is 0 Å². The van der Waals surface area contributed by atoms with E-state index in [1.165, 1.54) is 5.56 Å². The molecule has 0 aromatic heterocycles. The van der Waals surface area contributed by atoms with Gasteiger partial charge in [-0.25, -0.2) is 0 Å². The van der Waals surface area contributed by atoms with Crippen LogP contribution in [0.4, 0.5) is 0 Å². The van der Waals surface area contributed by atoms with Crippen LogP contribution in [0.15, 0.2) is 18.2 Å². The SMILES string of the molecule is CCC(C)c1ccc(O)c(C(C)CC)c1. The van der Waals surface area contributed by atoms with Gasteiger partial charge >= 0.3 is 0 Å². The highest BCUT2D eigenvalue weighted by molar-refractivity contribution is 5.39. The first kappa shape index (κ1) is 12.1. The molecular formula is C14H22O. The van der Waals surface area contributed by atoms with E-state index in [0.29, 0.717) is 17.6 Å². The van der Waals surface area contributed by atoms with Crippen LogP contribution in [-0.2, 0) is 0 Å². The lowest BCUT2D eigenvalue weighted by Gasteiger charge is -2.15. The summed E-state index contributed by atoms with van der Waals surface area (Å²) in [4.78, 5) is 0. The topological polar surface area (TPSA) is 20.2 Å². The maximum atomic E-state index is 9.79. The Labute approximate surface area is 93.1 Å². The lowest BCUT2D eigenvalue weighted by molar-refractivity contribution is 0.461. The van der Waals surface area contributed by atoms with Gasteiger partial charge in [0.15, 0.2) is 0 Å². The maximum absolute atomic E-state index is 9.79. The van der Waals surface area contributed by atoms with Crippen LogP contribution in [0.5, 0.6) is 5.75 Å². The highest BCUT2D eigenvalue weighted by atomic mass is 16.3. The molecule has 0 saturated heterocycles. The standard InChI is InChI=1S/C14H22O/c1-5-10(3)12-7-8-14(15)13(9-12)11(4)6-2/h7-11,15H,5-6H2,1-4H3. The van der Waals surface area contributed by atoms with E-state index in [1.54, 1.807) is 0 Å². The molecule has 0 aliphatic heterocycles. The third kappa shape index (κ3) is 2.74. The Morgan fingerprint density at radius 1 is 1.07 bits per heavy atom. The van der Waals surface area contributed by atoms with Gasteiger partial charge in [0, 0.05) is 0 Å². The van der Waals surface area contributed by atoms with Crippen molar-refractivity contribution >= 4 is 0 Å². The molecule has 0 aliphatic carbocycles. The summed E-state index contributed by atoms with van der Waals surface area (Å²) in [5.74, 6) is 1.46. The van der Waals surface area contributed by atoms with Crippen LogP contribution in [0, 0.1) is 0 Å². The molecule has 0 radical (unpaired) electrons. The zero-order valence-electron chi connectivity index (χ0n) is 10.2. The van der Waals surface area contributed by atoms with E-state index in [-0.39, 0.29) is 0 Å². The molecular weight excluding hydrogens is 184 g/mol. The molecule has 84 valence electrons. The molecule has 2 atom stereocenters. The summed E-state index contributed by atoms with van der Waals surface area (Å²) in [5.41, 5.74) is 2.43. The van der Waals surface area contributed by atoms with Crippen LogP contribution in [-0.4, -0.2) is 5.11 Å². The van der Waals surface area contributed by atoms with E-state index >= 15 is 0 Å². The zero-order valence-corrected chi connectivity index (χ0v) is 10.2. The third-order valence-corrected chi connectivity index (χ3v) is 3.38. The largest absolute Gasteiger partial charge is 0.508 e. The smallest absolute Gasteiger partial charge is 0.119 e. The number of benzene rings is 1. The van der Waals surface area contributed by atoms with Crippen molar-refractivity contribution in [2.24, 2.45) is 0 Å². The summed E-state index contributed by atoms with van der Waals surface area (Å²) in [5, 5.41) is 9.79. The second-order valence-electron chi connectivity index (χ2n) is 4.44. The van der Waals surface area contributed by atoms with Crippen molar-refractivity contribution in [3.8, 4) is 5.75 Å². The molecule has 0 amide bonds. The normalized spacial score (nSPS) is 14.9. The van der Waals surface area contributed by atoms with Crippen LogP contribution in [0.3, 0.4) is 0 Å². The molecule has 1 rings (SSSR count). The van der Waals surface area contributed by atoms with E-state index in [4.69, 9.17) is 0 Å². The molecule has 0 spiro atoms. The van der Waals surface area contributed by atoms with Gasteiger partial charge in [-0.05, 0) is 41.9 Å². The minimum Gasteiger partial charge on any atom is -0.508 e. The predicted octanol–water partition coefficient (Wildman–Crippen LogP) is 4.42. The number of phenols is 1. The second-order valence-corrected chi connectivity index (χ2v) is 4.44. The molecule has 1 N–H and O–H groups in total. The number of hydrogen-bond donors (Lipinski definition) is 1. The molecule has 1 aromatic carbocycles. The minimum atomic E-state index is 0.439. The zero-order chi connectivity index (χ0) is 11.4. The summed E-state index contributed by atoms with van der Waals surface area (Å²) in [6.45, 7) is 8.74. The Morgan fingerprint density at radius 2 is 1.67 bits per heavy atom. The van der Waals surface area contributed by atoms with Gasteiger partial charge in [-0.15, -0.1) is 0 Å². The molecule has 0 bridgehead atoms. The lowest BCUT2D eigenvalue weighted by atomic mass is 9.91. The molecule has 2 unspecified atom stereocenters. The summed E-state index contributed by atoms with van der Waals surface area (Å²) < 4.78 is 0. The van der Waals surface area contributed by atoms with Crippen molar-refractivity contribution in [2.75, 3.05) is 0 Å². The predicted molar refractivity (Wildman–Crippen MR) is 65.5 cm³/mol. The van der Waals surface area contributed by atoms with Gasteiger partial charge < -0.3 is 5.11 Å². The first-order valence-electron chi connectivity index (χ1n) is 5.92. The van der Waals surface area contributed by atoms with Crippen LogP contribution in [0.1, 0.15) is 63.5 Å². The number of aromatic hydroxyl groups is 1. The van der Waals surface area contributed by atoms with Crippen molar-refractivity contribution < 1.29 is 5.11 Å². The lowest BCUT2D eigenvalue weighted by Crippen LogP contribution is -1.97. The fourth-order valence-electron chi connectivity index (χ4n) is 1.73. The fourth-order valence-corrected chi connectivity index (χ4v) is 1.73. The van der Waals surface area contributed by atoms with Crippen LogP contribution < -0.4 is 0 Å². The third-order valence-electron chi connectivity index (χ3n) is 3.38. The Bertz CT molecular complexity index is 317. The molecule has 1 aromatic rings. The van der Waals surface area contributed by atoms with Gasteiger partial charge in [0.25, 0.3) is 0 Å². The monoisotopic (exact) mass is 206 g/mol. The quantitative estimate of drug-likeness (QED) is 0.773. The Hall–Kier alpha value is -0.980. The van der Waals surface area contributed by atoms with E-state index < -0.39 is 0 Å². The molecule has 15 heavy (non-hydrogen) atoms. The molecule has 1 heteroatoms. The van der Waals surface area contributed by atoms with Gasteiger partial charge in [0.1, 0.15) is 5.75 Å². The van der Waals surface area contributed by atoms with Crippen LogP contribution in [0.25, 0.3) is 0 Å². The van der Waals surface area contributed by atoms with E-state index in [9.17, 15) is 5.11 Å². The summed E-state index contributed by atoms with van der Waals surface area (Å²) in [6, 6.07) is 6.04. The van der Waals surface area contributed by atoms with Gasteiger partial charge in [0.05, 0.1) is 0 Å². The molecule has 0 heterocycles. The number of phenolic OH excluding ortho intramolecular Hbond substituents is 1. The number of rotatable bonds is 4. The van der Waals surface area contributed by atoms with Gasteiger partial charge in [-0.1, -0.05) is 39.8 Å². The summed E-state index contributed by atoms with van der Waals surface area (Å²) >= 11 is 0. The van der Waals surface area contributed by atoms with Gasteiger partial charge in [-0.2, -0.15) is 0 Å². The molecule has 0 saturated carbocycles. The molecule has 0 fully saturated rings. The van der Waals surface area contributed by atoms with Crippen molar-refractivity contribution in [1.82, 2.24) is 0 Å². The van der Waals surface area contributed by atoms with E-state index in [0.717, 1.165) is 18.4 Å². The molecule has 0 aliphatic rings.